The molecule has 0 fully saturated rings. The van der Waals surface area contributed by atoms with E-state index < -0.39 is 6.10 Å². The quantitative estimate of drug-likeness (QED) is 0.741. The van der Waals surface area contributed by atoms with Crippen LogP contribution in [-0.4, -0.2) is 23.7 Å². The van der Waals surface area contributed by atoms with Crippen molar-refractivity contribution in [3.63, 3.8) is 0 Å². The number of aliphatic hydroxyl groups is 1. The van der Waals surface area contributed by atoms with Crippen molar-refractivity contribution in [2.45, 2.75) is 12.5 Å². The van der Waals surface area contributed by atoms with E-state index in [4.69, 9.17) is 22.1 Å². The third-order valence-electron chi connectivity index (χ3n) is 1.89. The predicted molar refractivity (Wildman–Crippen MR) is 54.4 cm³/mol. The molecule has 4 nitrogen and oxygen atoms in total. The molecular formula is C9H13ClN2O2. The van der Waals surface area contributed by atoms with Crippen LogP contribution >= 0.6 is 11.6 Å². The van der Waals surface area contributed by atoms with Gasteiger partial charge in [0.25, 0.3) is 0 Å². The Bertz CT molecular complexity index is 307. The summed E-state index contributed by atoms with van der Waals surface area (Å²) in [4.78, 5) is 3.88. The molecule has 0 aliphatic heterocycles. The van der Waals surface area contributed by atoms with Crippen molar-refractivity contribution >= 4 is 11.6 Å². The third-order valence-corrected chi connectivity index (χ3v) is 2.20. The van der Waals surface area contributed by atoms with Crippen LogP contribution in [0.3, 0.4) is 0 Å². The number of methoxy groups -OCH3 is 1. The second kappa shape index (κ2) is 5.14. The van der Waals surface area contributed by atoms with Gasteiger partial charge < -0.3 is 15.6 Å². The van der Waals surface area contributed by atoms with Crippen LogP contribution in [0.1, 0.15) is 18.1 Å². The number of nitrogens with two attached hydrogens (primary N) is 1. The Morgan fingerprint density at radius 3 is 3.00 bits per heavy atom. The summed E-state index contributed by atoms with van der Waals surface area (Å²) < 4.78 is 5.07. The second-order valence-corrected chi connectivity index (χ2v) is 3.17. The topological polar surface area (TPSA) is 68.4 Å². The van der Waals surface area contributed by atoms with Gasteiger partial charge in [0.2, 0.25) is 0 Å². The van der Waals surface area contributed by atoms with Gasteiger partial charge in [0.05, 0.1) is 18.8 Å². The molecule has 0 amide bonds. The summed E-state index contributed by atoms with van der Waals surface area (Å²) >= 11 is 5.85. The minimum absolute atomic E-state index is 0.255. The molecule has 0 aliphatic rings. The average molecular weight is 217 g/mol. The van der Waals surface area contributed by atoms with Gasteiger partial charge in [-0.05, 0) is 19.0 Å². The molecule has 0 spiro atoms. The van der Waals surface area contributed by atoms with Crippen LogP contribution in [0.2, 0.25) is 5.15 Å². The number of ether oxygens (including phenoxy) is 1. The van der Waals surface area contributed by atoms with Crippen LogP contribution < -0.4 is 10.5 Å². The molecular weight excluding hydrogens is 204 g/mol. The van der Waals surface area contributed by atoms with Crippen molar-refractivity contribution in [2.75, 3.05) is 13.7 Å². The lowest BCUT2D eigenvalue weighted by atomic mass is 10.1. The molecule has 5 heteroatoms. The number of hydrogen-bond acceptors (Lipinski definition) is 4. The van der Waals surface area contributed by atoms with E-state index in [9.17, 15) is 5.11 Å². The molecule has 14 heavy (non-hydrogen) atoms. The Morgan fingerprint density at radius 1 is 1.71 bits per heavy atom. The number of aliphatic hydroxyl groups excluding tert-OH is 1. The summed E-state index contributed by atoms with van der Waals surface area (Å²) in [5.41, 5.74) is 5.85. The average Bonchev–Trinajstić information content (AvgIpc) is 2.17. The van der Waals surface area contributed by atoms with Crippen LogP contribution in [0.4, 0.5) is 0 Å². The largest absolute Gasteiger partial charge is 0.496 e. The molecule has 1 unspecified atom stereocenters. The van der Waals surface area contributed by atoms with Crippen molar-refractivity contribution in [2.24, 2.45) is 5.73 Å². The van der Waals surface area contributed by atoms with Gasteiger partial charge in [0, 0.05) is 6.20 Å². The zero-order valence-corrected chi connectivity index (χ0v) is 8.66. The van der Waals surface area contributed by atoms with Crippen molar-refractivity contribution in [3.8, 4) is 5.75 Å². The van der Waals surface area contributed by atoms with Gasteiger partial charge in [0.1, 0.15) is 10.9 Å². The number of aromatic nitrogens is 1. The molecule has 0 bridgehead atoms. The monoisotopic (exact) mass is 216 g/mol. The van der Waals surface area contributed by atoms with Crippen LogP contribution in [-0.2, 0) is 0 Å². The normalized spacial score (nSPS) is 12.6. The molecule has 1 heterocycles. The highest BCUT2D eigenvalue weighted by atomic mass is 35.5. The Morgan fingerprint density at radius 2 is 2.43 bits per heavy atom. The first-order valence-electron chi connectivity index (χ1n) is 4.27. The maximum absolute atomic E-state index is 9.73. The Kier molecular flexibility index (Phi) is 4.13. The van der Waals surface area contributed by atoms with Crippen molar-refractivity contribution in [1.82, 2.24) is 4.98 Å². The second-order valence-electron chi connectivity index (χ2n) is 2.81. The van der Waals surface area contributed by atoms with E-state index in [1.54, 1.807) is 6.07 Å². The highest BCUT2D eigenvalue weighted by Crippen LogP contribution is 2.31. The molecule has 1 rings (SSSR count). The number of rotatable bonds is 4. The lowest BCUT2D eigenvalue weighted by Crippen LogP contribution is -2.09. The van der Waals surface area contributed by atoms with Crippen LogP contribution in [0.25, 0.3) is 0 Å². The summed E-state index contributed by atoms with van der Waals surface area (Å²) in [5.74, 6) is 0.533. The van der Waals surface area contributed by atoms with Gasteiger partial charge in [-0.2, -0.15) is 0 Å². The standard InChI is InChI=1S/C9H13ClN2O2/c1-14-7-3-5-12-9(10)8(7)6(13)2-4-11/h3,5-6,13H,2,4,11H2,1H3. The zero-order valence-electron chi connectivity index (χ0n) is 7.90. The van der Waals surface area contributed by atoms with E-state index in [0.717, 1.165) is 0 Å². The number of hydrogen-bond donors (Lipinski definition) is 2. The Hall–Kier alpha value is -0.840. The lowest BCUT2D eigenvalue weighted by Gasteiger charge is -2.14. The van der Waals surface area contributed by atoms with Gasteiger partial charge >= 0.3 is 0 Å². The van der Waals surface area contributed by atoms with Crippen molar-refractivity contribution in [1.29, 1.82) is 0 Å². The minimum atomic E-state index is -0.726. The highest BCUT2D eigenvalue weighted by molar-refractivity contribution is 6.30. The first kappa shape index (κ1) is 11.2. The molecule has 3 N–H and O–H groups in total. The van der Waals surface area contributed by atoms with Gasteiger partial charge in [-0.25, -0.2) is 4.98 Å². The zero-order chi connectivity index (χ0) is 10.6. The minimum Gasteiger partial charge on any atom is -0.496 e. The molecule has 0 aromatic carbocycles. The van der Waals surface area contributed by atoms with Crippen molar-refractivity contribution in [3.05, 3.63) is 23.0 Å². The number of nitrogens with zero attached hydrogens (tertiary/aromatic N) is 1. The van der Waals surface area contributed by atoms with E-state index in [-0.39, 0.29) is 5.15 Å². The Balaban J connectivity index is 3.03. The molecule has 78 valence electrons. The molecule has 1 atom stereocenters. The smallest absolute Gasteiger partial charge is 0.138 e. The molecule has 0 saturated carbocycles. The van der Waals surface area contributed by atoms with Gasteiger partial charge in [-0.15, -0.1) is 0 Å². The summed E-state index contributed by atoms with van der Waals surface area (Å²) in [5, 5.41) is 9.98. The maximum Gasteiger partial charge on any atom is 0.138 e. The fraction of sp³-hybridized carbons (Fsp3) is 0.444. The molecule has 1 aromatic rings. The van der Waals surface area contributed by atoms with Gasteiger partial charge in [-0.3, -0.25) is 0 Å². The fourth-order valence-corrected chi connectivity index (χ4v) is 1.49. The van der Waals surface area contributed by atoms with Crippen molar-refractivity contribution < 1.29 is 9.84 Å². The SMILES string of the molecule is COc1ccnc(Cl)c1C(O)CCN. The van der Waals surface area contributed by atoms with E-state index in [0.29, 0.717) is 24.3 Å². The summed E-state index contributed by atoms with van der Waals surface area (Å²) in [6, 6.07) is 1.65. The first-order valence-corrected chi connectivity index (χ1v) is 4.65. The number of halogens is 1. The number of pyridine rings is 1. The molecule has 0 saturated heterocycles. The first-order chi connectivity index (χ1) is 6.70. The maximum atomic E-state index is 9.73. The third kappa shape index (κ3) is 2.35. The summed E-state index contributed by atoms with van der Waals surface area (Å²) in [6.45, 7) is 0.384. The summed E-state index contributed by atoms with van der Waals surface area (Å²) in [6.07, 6.45) is 1.23. The fourth-order valence-electron chi connectivity index (χ4n) is 1.21. The Labute approximate surface area is 87.7 Å². The van der Waals surface area contributed by atoms with Gasteiger partial charge in [-0.1, -0.05) is 11.6 Å². The van der Waals surface area contributed by atoms with Crippen LogP contribution in [0, 0.1) is 0 Å². The van der Waals surface area contributed by atoms with E-state index in [1.165, 1.54) is 13.3 Å². The van der Waals surface area contributed by atoms with E-state index in [1.807, 2.05) is 0 Å². The predicted octanol–water partition coefficient (Wildman–Crippen LogP) is 1.13. The van der Waals surface area contributed by atoms with E-state index >= 15 is 0 Å². The summed E-state index contributed by atoms with van der Waals surface area (Å²) in [7, 11) is 1.52. The van der Waals surface area contributed by atoms with Crippen LogP contribution in [0.15, 0.2) is 12.3 Å². The lowest BCUT2D eigenvalue weighted by molar-refractivity contribution is 0.166. The van der Waals surface area contributed by atoms with Crippen LogP contribution in [0.5, 0.6) is 5.75 Å². The molecule has 0 radical (unpaired) electrons. The molecule has 0 aliphatic carbocycles. The highest BCUT2D eigenvalue weighted by Gasteiger charge is 2.16. The van der Waals surface area contributed by atoms with E-state index in [2.05, 4.69) is 4.98 Å². The van der Waals surface area contributed by atoms with Gasteiger partial charge in [0.15, 0.2) is 0 Å². The molecule has 1 aromatic heterocycles.